The van der Waals surface area contributed by atoms with Gasteiger partial charge in [0.1, 0.15) is 0 Å². The highest BCUT2D eigenvalue weighted by atomic mass is 35.5. The zero-order valence-corrected chi connectivity index (χ0v) is 14.5. The lowest BCUT2D eigenvalue weighted by atomic mass is 9.91. The molecular weight excluding hydrogens is 268 g/mol. The maximum atomic E-state index is 5.92. The van der Waals surface area contributed by atoms with Crippen molar-refractivity contribution >= 4 is 11.6 Å². The SMILES string of the molecule is CN(Cc1ccc(Cl)cc1)CC(C)(C)CNC(C)(C)C. The fourth-order valence-corrected chi connectivity index (χ4v) is 2.37. The monoisotopic (exact) mass is 296 g/mol. The molecule has 0 atom stereocenters. The zero-order chi connectivity index (χ0) is 15.4. The molecule has 0 aliphatic carbocycles. The van der Waals surface area contributed by atoms with E-state index in [9.17, 15) is 0 Å². The molecule has 0 bridgehead atoms. The van der Waals surface area contributed by atoms with Crippen LogP contribution in [0.15, 0.2) is 24.3 Å². The largest absolute Gasteiger partial charge is 0.311 e. The molecule has 0 saturated carbocycles. The molecule has 0 radical (unpaired) electrons. The number of halogens is 1. The summed E-state index contributed by atoms with van der Waals surface area (Å²) in [6, 6.07) is 8.10. The standard InChI is InChI=1S/C17H29ClN2/c1-16(2,3)19-12-17(4,5)13-20(6)11-14-7-9-15(18)10-8-14/h7-10,19H,11-13H2,1-6H3. The molecule has 3 heteroatoms. The maximum Gasteiger partial charge on any atom is 0.0406 e. The topological polar surface area (TPSA) is 15.3 Å². The van der Waals surface area contributed by atoms with Crippen LogP contribution in [0.1, 0.15) is 40.2 Å². The average Bonchev–Trinajstić information content (AvgIpc) is 2.28. The summed E-state index contributed by atoms with van der Waals surface area (Å²) < 4.78 is 0. The van der Waals surface area contributed by atoms with E-state index in [4.69, 9.17) is 11.6 Å². The highest BCUT2D eigenvalue weighted by Crippen LogP contribution is 2.18. The molecule has 0 aromatic heterocycles. The zero-order valence-electron chi connectivity index (χ0n) is 13.8. The Hall–Kier alpha value is -0.570. The lowest BCUT2D eigenvalue weighted by Gasteiger charge is -2.34. The fraction of sp³-hybridized carbons (Fsp3) is 0.647. The third-order valence-electron chi connectivity index (χ3n) is 3.16. The smallest absolute Gasteiger partial charge is 0.0406 e. The molecule has 0 aliphatic rings. The Morgan fingerprint density at radius 2 is 1.60 bits per heavy atom. The van der Waals surface area contributed by atoms with Gasteiger partial charge in [0.25, 0.3) is 0 Å². The van der Waals surface area contributed by atoms with Crippen molar-refractivity contribution in [3.63, 3.8) is 0 Å². The van der Waals surface area contributed by atoms with E-state index >= 15 is 0 Å². The van der Waals surface area contributed by atoms with Gasteiger partial charge in [-0.05, 0) is 50.9 Å². The van der Waals surface area contributed by atoms with Crippen LogP contribution < -0.4 is 5.32 Å². The summed E-state index contributed by atoms with van der Waals surface area (Å²) in [7, 11) is 2.17. The Balaban J connectivity index is 2.47. The summed E-state index contributed by atoms with van der Waals surface area (Å²) in [5.41, 5.74) is 1.72. The summed E-state index contributed by atoms with van der Waals surface area (Å²) in [5, 5.41) is 4.39. The van der Waals surface area contributed by atoms with Gasteiger partial charge in [-0.2, -0.15) is 0 Å². The van der Waals surface area contributed by atoms with E-state index in [1.165, 1.54) is 5.56 Å². The van der Waals surface area contributed by atoms with Crippen molar-refractivity contribution in [2.24, 2.45) is 5.41 Å². The van der Waals surface area contributed by atoms with E-state index in [-0.39, 0.29) is 11.0 Å². The molecule has 0 heterocycles. The van der Waals surface area contributed by atoms with Gasteiger partial charge in [0.2, 0.25) is 0 Å². The summed E-state index contributed by atoms with van der Waals surface area (Å²) in [5.74, 6) is 0. The van der Waals surface area contributed by atoms with Crippen molar-refractivity contribution in [3.05, 3.63) is 34.9 Å². The van der Waals surface area contributed by atoms with Crippen molar-refractivity contribution < 1.29 is 0 Å². The van der Waals surface area contributed by atoms with E-state index < -0.39 is 0 Å². The van der Waals surface area contributed by atoms with Crippen molar-refractivity contribution in [2.75, 3.05) is 20.1 Å². The minimum atomic E-state index is 0.173. The first-order valence-corrected chi connectivity index (χ1v) is 7.63. The molecule has 0 amide bonds. The molecule has 0 saturated heterocycles. The first-order valence-electron chi connectivity index (χ1n) is 7.25. The van der Waals surface area contributed by atoms with Crippen molar-refractivity contribution in [1.29, 1.82) is 0 Å². The van der Waals surface area contributed by atoms with Crippen molar-refractivity contribution in [2.45, 2.75) is 46.7 Å². The Morgan fingerprint density at radius 3 is 2.10 bits per heavy atom. The lowest BCUT2D eigenvalue weighted by molar-refractivity contribution is 0.186. The Morgan fingerprint density at radius 1 is 1.05 bits per heavy atom. The molecule has 0 spiro atoms. The van der Waals surface area contributed by atoms with Gasteiger partial charge in [-0.15, -0.1) is 0 Å². The molecule has 1 aromatic carbocycles. The van der Waals surface area contributed by atoms with Crippen LogP contribution in [0, 0.1) is 5.41 Å². The number of hydrogen-bond acceptors (Lipinski definition) is 2. The van der Waals surface area contributed by atoms with Gasteiger partial charge < -0.3 is 10.2 Å². The van der Waals surface area contributed by atoms with E-state index in [1.807, 2.05) is 12.1 Å². The Kier molecular flexibility index (Phi) is 6.06. The normalized spacial score (nSPS) is 13.0. The molecular formula is C17H29ClN2. The lowest BCUT2D eigenvalue weighted by Crippen LogP contribution is -2.45. The maximum absolute atomic E-state index is 5.92. The highest BCUT2D eigenvalue weighted by molar-refractivity contribution is 6.30. The van der Waals surface area contributed by atoms with E-state index in [1.54, 1.807) is 0 Å². The van der Waals surface area contributed by atoms with Crippen LogP contribution in [0.4, 0.5) is 0 Å². The molecule has 20 heavy (non-hydrogen) atoms. The highest BCUT2D eigenvalue weighted by Gasteiger charge is 2.22. The predicted octanol–water partition coefficient (Wildman–Crippen LogP) is 4.19. The number of nitrogens with zero attached hydrogens (tertiary/aromatic N) is 1. The van der Waals surface area contributed by atoms with Crippen molar-refractivity contribution in [3.8, 4) is 0 Å². The van der Waals surface area contributed by atoms with Crippen LogP contribution in [0.25, 0.3) is 0 Å². The minimum Gasteiger partial charge on any atom is -0.311 e. The van der Waals surface area contributed by atoms with E-state index in [0.29, 0.717) is 0 Å². The number of hydrogen-bond donors (Lipinski definition) is 1. The predicted molar refractivity (Wildman–Crippen MR) is 89.3 cm³/mol. The van der Waals surface area contributed by atoms with Crippen LogP contribution in [-0.4, -0.2) is 30.6 Å². The molecule has 1 aromatic rings. The number of benzene rings is 1. The molecule has 0 unspecified atom stereocenters. The Labute approximate surface area is 129 Å². The third-order valence-corrected chi connectivity index (χ3v) is 3.41. The van der Waals surface area contributed by atoms with E-state index in [0.717, 1.165) is 24.7 Å². The van der Waals surface area contributed by atoms with Gasteiger partial charge >= 0.3 is 0 Å². The minimum absolute atomic E-state index is 0.173. The van der Waals surface area contributed by atoms with Gasteiger partial charge in [0.05, 0.1) is 0 Å². The van der Waals surface area contributed by atoms with Crippen LogP contribution in [0.5, 0.6) is 0 Å². The number of rotatable bonds is 6. The second-order valence-electron chi connectivity index (χ2n) is 7.57. The summed E-state index contributed by atoms with van der Waals surface area (Å²) in [4.78, 5) is 2.37. The first-order chi connectivity index (χ1) is 9.07. The van der Waals surface area contributed by atoms with Gasteiger partial charge in [-0.1, -0.05) is 37.6 Å². The van der Waals surface area contributed by atoms with Crippen LogP contribution in [0.3, 0.4) is 0 Å². The van der Waals surface area contributed by atoms with Crippen LogP contribution in [-0.2, 0) is 6.54 Å². The van der Waals surface area contributed by atoms with Gasteiger partial charge in [-0.3, -0.25) is 0 Å². The summed E-state index contributed by atoms with van der Waals surface area (Å²) in [6.45, 7) is 14.3. The third kappa shape index (κ3) is 7.28. The van der Waals surface area contributed by atoms with Gasteiger partial charge in [0.15, 0.2) is 0 Å². The summed E-state index contributed by atoms with van der Waals surface area (Å²) in [6.07, 6.45) is 0. The van der Waals surface area contributed by atoms with Gasteiger partial charge in [0, 0.05) is 30.2 Å². The number of nitrogens with one attached hydrogen (secondary N) is 1. The Bertz CT molecular complexity index is 404. The van der Waals surface area contributed by atoms with Crippen LogP contribution in [0.2, 0.25) is 5.02 Å². The second-order valence-corrected chi connectivity index (χ2v) is 8.00. The quantitative estimate of drug-likeness (QED) is 0.847. The molecule has 0 fully saturated rings. The molecule has 114 valence electrons. The van der Waals surface area contributed by atoms with Crippen LogP contribution >= 0.6 is 11.6 Å². The van der Waals surface area contributed by atoms with E-state index in [2.05, 4.69) is 64.0 Å². The fourth-order valence-electron chi connectivity index (χ4n) is 2.25. The molecule has 1 N–H and O–H groups in total. The molecule has 2 nitrogen and oxygen atoms in total. The van der Waals surface area contributed by atoms with Gasteiger partial charge in [-0.25, -0.2) is 0 Å². The second kappa shape index (κ2) is 6.93. The first kappa shape index (κ1) is 17.5. The van der Waals surface area contributed by atoms with Crippen molar-refractivity contribution in [1.82, 2.24) is 10.2 Å². The molecule has 1 rings (SSSR count). The summed E-state index contributed by atoms with van der Waals surface area (Å²) >= 11 is 5.92. The molecule has 0 aliphatic heterocycles. The average molecular weight is 297 g/mol.